The van der Waals surface area contributed by atoms with Crippen LogP contribution in [0.1, 0.15) is 46.1 Å². The Hall–Kier alpha value is -1.02. The predicted octanol–water partition coefficient (Wildman–Crippen LogP) is 4.18. The first-order valence-electron chi connectivity index (χ1n) is 7.81. The zero-order chi connectivity index (χ0) is 14.8. The smallest absolute Gasteiger partial charge is 0.119 e. The van der Waals surface area contributed by atoms with E-state index in [4.69, 9.17) is 4.74 Å². The predicted molar refractivity (Wildman–Crippen MR) is 85.2 cm³/mol. The lowest BCUT2D eigenvalue weighted by Gasteiger charge is -2.23. The lowest BCUT2D eigenvalue weighted by atomic mass is 9.91. The van der Waals surface area contributed by atoms with E-state index < -0.39 is 0 Å². The Balaban J connectivity index is 1.78. The van der Waals surface area contributed by atoms with Gasteiger partial charge in [0.2, 0.25) is 0 Å². The van der Waals surface area contributed by atoms with E-state index in [9.17, 15) is 0 Å². The lowest BCUT2D eigenvalue weighted by molar-refractivity contribution is 0.249. The van der Waals surface area contributed by atoms with Crippen molar-refractivity contribution in [3.63, 3.8) is 0 Å². The number of aryl methyl sites for hydroxylation is 1. The number of benzene rings is 1. The molecule has 1 N–H and O–H groups in total. The molecule has 2 heteroatoms. The summed E-state index contributed by atoms with van der Waals surface area (Å²) in [5.74, 6) is 1.72. The molecule has 1 aliphatic carbocycles. The van der Waals surface area contributed by atoms with Crippen molar-refractivity contribution in [1.82, 2.24) is 5.32 Å². The van der Waals surface area contributed by atoms with E-state index in [1.165, 1.54) is 18.4 Å². The molecule has 2 nitrogen and oxygen atoms in total. The van der Waals surface area contributed by atoms with Crippen LogP contribution in [0.15, 0.2) is 24.3 Å². The standard InChI is InChI=1S/C18H29NO/c1-13-6-8-16(9-7-13)20-12-15(3)19-17-11-18(4,5)10-14(17)2/h6-9,14-15,17,19H,10-12H2,1-5H3. The van der Waals surface area contributed by atoms with Crippen LogP contribution < -0.4 is 10.1 Å². The van der Waals surface area contributed by atoms with Crippen molar-refractivity contribution >= 4 is 0 Å². The van der Waals surface area contributed by atoms with Gasteiger partial charge in [0.1, 0.15) is 12.4 Å². The van der Waals surface area contributed by atoms with Crippen LogP contribution in [0, 0.1) is 18.3 Å². The Kier molecular flexibility index (Phi) is 4.74. The average molecular weight is 275 g/mol. The maximum Gasteiger partial charge on any atom is 0.119 e. The second kappa shape index (κ2) is 6.17. The van der Waals surface area contributed by atoms with Crippen molar-refractivity contribution in [2.45, 2.75) is 59.5 Å². The zero-order valence-electron chi connectivity index (χ0n) is 13.6. The Morgan fingerprint density at radius 3 is 2.45 bits per heavy atom. The summed E-state index contributed by atoms with van der Waals surface area (Å²) in [6.07, 6.45) is 2.58. The van der Waals surface area contributed by atoms with Crippen molar-refractivity contribution in [2.75, 3.05) is 6.61 Å². The van der Waals surface area contributed by atoms with Crippen molar-refractivity contribution in [2.24, 2.45) is 11.3 Å². The molecule has 1 aromatic carbocycles. The normalized spacial score (nSPS) is 26.4. The maximum atomic E-state index is 5.86. The molecule has 0 amide bonds. The highest BCUT2D eigenvalue weighted by atomic mass is 16.5. The van der Waals surface area contributed by atoms with E-state index in [2.05, 4.69) is 52.1 Å². The van der Waals surface area contributed by atoms with Gasteiger partial charge in [-0.1, -0.05) is 38.5 Å². The fraction of sp³-hybridized carbons (Fsp3) is 0.667. The Morgan fingerprint density at radius 2 is 1.90 bits per heavy atom. The molecule has 20 heavy (non-hydrogen) atoms. The number of ether oxygens (including phenoxy) is 1. The van der Waals surface area contributed by atoms with Crippen molar-refractivity contribution in [3.05, 3.63) is 29.8 Å². The zero-order valence-corrected chi connectivity index (χ0v) is 13.6. The molecule has 0 aliphatic heterocycles. The van der Waals surface area contributed by atoms with Gasteiger partial charge < -0.3 is 10.1 Å². The largest absolute Gasteiger partial charge is 0.492 e. The highest BCUT2D eigenvalue weighted by Gasteiger charge is 2.36. The molecule has 2 rings (SSSR count). The van der Waals surface area contributed by atoms with Crippen LogP contribution in [-0.2, 0) is 0 Å². The molecule has 0 saturated heterocycles. The van der Waals surface area contributed by atoms with Gasteiger partial charge in [-0.15, -0.1) is 0 Å². The fourth-order valence-electron chi connectivity index (χ4n) is 3.39. The minimum atomic E-state index is 0.387. The Bertz CT molecular complexity index is 424. The molecule has 0 spiro atoms. The van der Waals surface area contributed by atoms with Gasteiger partial charge in [-0.2, -0.15) is 0 Å². The first-order chi connectivity index (χ1) is 9.35. The summed E-state index contributed by atoms with van der Waals surface area (Å²) in [5, 5.41) is 3.74. The van der Waals surface area contributed by atoms with E-state index in [1.54, 1.807) is 0 Å². The van der Waals surface area contributed by atoms with E-state index in [-0.39, 0.29) is 0 Å². The van der Waals surface area contributed by atoms with Crippen LogP contribution in [0.2, 0.25) is 0 Å². The molecule has 0 radical (unpaired) electrons. The number of hydrogen-bond donors (Lipinski definition) is 1. The van der Waals surface area contributed by atoms with Gasteiger partial charge >= 0.3 is 0 Å². The first-order valence-corrected chi connectivity index (χ1v) is 7.81. The van der Waals surface area contributed by atoms with Gasteiger partial charge in [0, 0.05) is 12.1 Å². The van der Waals surface area contributed by atoms with Crippen LogP contribution in [0.4, 0.5) is 0 Å². The third kappa shape index (κ3) is 4.24. The molecular weight excluding hydrogens is 246 g/mol. The van der Waals surface area contributed by atoms with Gasteiger partial charge in [-0.25, -0.2) is 0 Å². The quantitative estimate of drug-likeness (QED) is 0.870. The van der Waals surface area contributed by atoms with Crippen molar-refractivity contribution in [1.29, 1.82) is 0 Å². The van der Waals surface area contributed by atoms with Gasteiger partial charge in [-0.05, 0) is 50.2 Å². The van der Waals surface area contributed by atoms with E-state index >= 15 is 0 Å². The SMILES string of the molecule is Cc1ccc(OCC(C)NC2CC(C)(C)CC2C)cc1. The van der Waals surface area contributed by atoms with Crippen LogP contribution >= 0.6 is 0 Å². The minimum Gasteiger partial charge on any atom is -0.492 e. The first kappa shape index (κ1) is 15.4. The molecule has 0 heterocycles. The monoisotopic (exact) mass is 275 g/mol. The van der Waals surface area contributed by atoms with Crippen LogP contribution in [0.5, 0.6) is 5.75 Å². The third-order valence-electron chi connectivity index (χ3n) is 4.35. The summed E-state index contributed by atoms with van der Waals surface area (Å²) in [4.78, 5) is 0. The summed E-state index contributed by atoms with van der Waals surface area (Å²) >= 11 is 0. The maximum absolute atomic E-state index is 5.86. The summed E-state index contributed by atoms with van der Waals surface area (Å²) in [5.41, 5.74) is 1.75. The summed E-state index contributed by atoms with van der Waals surface area (Å²) in [6.45, 7) is 12.1. The Morgan fingerprint density at radius 1 is 1.25 bits per heavy atom. The summed E-state index contributed by atoms with van der Waals surface area (Å²) < 4.78 is 5.86. The highest BCUT2D eigenvalue weighted by Crippen LogP contribution is 2.40. The van der Waals surface area contributed by atoms with Crippen LogP contribution in [-0.4, -0.2) is 18.7 Å². The lowest BCUT2D eigenvalue weighted by Crippen LogP contribution is -2.41. The van der Waals surface area contributed by atoms with Gasteiger partial charge in [-0.3, -0.25) is 0 Å². The molecule has 112 valence electrons. The molecule has 1 fully saturated rings. The van der Waals surface area contributed by atoms with Gasteiger partial charge in [0.05, 0.1) is 0 Å². The van der Waals surface area contributed by atoms with E-state index in [0.717, 1.165) is 18.3 Å². The second-order valence-electron chi connectivity index (χ2n) is 7.35. The minimum absolute atomic E-state index is 0.387. The summed E-state index contributed by atoms with van der Waals surface area (Å²) in [7, 11) is 0. The highest BCUT2D eigenvalue weighted by molar-refractivity contribution is 5.26. The van der Waals surface area contributed by atoms with Crippen LogP contribution in [0.25, 0.3) is 0 Å². The summed E-state index contributed by atoms with van der Waals surface area (Å²) in [6, 6.07) is 9.29. The molecule has 1 saturated carbocycles. The van der Waals surface area contributed by atoms with E-state index in [0.29, 0.717) is 17.5 Å². The second-order valence-corrected chi connectivity index (χ2v) is 7.35. The number of rotatable bonds is 5. The topological polar surface area (TPSA) is 21.3 Å². The third-order valence-corrected chi connectivity index (χ3v) is 4.35. The molecule has 3 atom stereocenters. The molecule has 1 aliphatic rings. The number of hydrogen-bond acceptors (Lipinski definition) is 2. The van der Waals surface area contributed by atoms with Crippen LogP contribution in [0.3, 0.4) is 0 Å². The Labute approximate surface area is 123 Å². The van der Waals surface area contributed by atoms with E-state index in [1.807, 2.05) is 12.1 Å². The van der Waals surface area contributed by atoms with Crippen molar-refractivity contribution < 1.29 is 4.74 Å². The average Bonchev–Trinajstić information content (AvgIpc) is 2.61. The van der Waals surface area contributed by atoms with Gasteiger partial charge in [0.15, 0.2) is 0 Å². The molecule has 0 bridgehead atoms. The fourth-order valence-corrected chi connectivity index (χ4v) is 3.39. The molecule has 3 unspecified atom stereocenters. The van der Waals surface area contributed by atoms with Crippen molar-refractivity contribution in [3.8, 4) is 5.75 Å². The molecule has 0 aromatic heterocycles. The molecule has 1 aromatic rings. The molecular formula is C18H29NO. The van der Waals surface area contributed by atoms with Gasteiger partial charge in [0.25, 0.3) is 0 Å². The number of nitrogens with one attached hydrogen (secondary N) is 1.